The molecule has 1 aliphatic carbocycles. The Bertz CT molecular complexity index is 703. The molecule has 140 valence electrons. The molecule has 2 aliphatic heterocycles. The molecule has 1 N–H and O–H groups in total. The van der Waals surface area contributed by atoms with Crippen LogP contribution in [0.5, 0.6) is 11.5 Å². The van der Waals surface area contributed by atoms with Crippen molar-refractivity contribution in [2.24, 2.45) is 5.92 Å². The molecule has 1 aromatic carbocycles. The Balaban J connectivity index is 1.42. The van der Waals surface area contributed by atoms with Gasteiger partial charge in [0.2, 0.25) is 5.91 Å². The zero-order chi connectivity index (χ0) is 18.1. The van der Waals surface area contributed by atoms with Gasteiger partial charge in [-0.3, -0.25) is 9.59 Å². The number of rotatable bonds is 5. The summed E-state index contributed by atoms with van der Waals surface area (Å²) in [5, 5.41) is 8.95. The van der Waals surface area contributed by atoms with Gasteiger partial charge in [0.05, 0.1) is 0 Å². The lowest BCUT2D eigenvalue weighted by Gasteiger charge is -2.36. The molecule has 6 nitrogen and oxygen atoms in total. The van der Waals surface area contributed by atoms with Gasteiger partial charge in [0.15, 0.2) is 11.5 Å². The number of hydrogen-bond acceptors (Lipinski definition) is 4. The molecular formula is C20H25NO5. The van der Waals surface area contributed by atoms with Crippen molar-refractivity contribution in [2.75, 3.05) is 19.8 Å². The van der Waals surface area contributed by atoms with Crippen LogP contribution in [0.1, 0.15) is 50.0 Å². The molecule has 0 spiro atoms. The number of carbonyl (C=O) groups excluding carboxylic acids is 1. The van der Waals surface area contributed by atoms with Crippen LogP contribution in [0, 0.1) is 5.92 Å². The first kappa shape index (κ1) is 17.2. The second-order valence-electron chi connectivity index (χ2n) is 7.47. The molecule has 3 unspecified atom stereocenters. The van der Waals surface area contributed by atoms with Crippen LogP contribution in [0.4, 0.5) is 0 Å². The molecule has 0 radical (unpaired) electrons. The molecule has 1 amide bonds. The zero-order valence-corrected chi connectivity index (χ0v) is 14.9. The molecule has 3 aliphatic rings. The number of carboxylic acids is 1. The van der Waals surface area contributed by atoms with E-state index in [4.69, 9.17) is 14.6 Å². The van der Waals surface area contributed by atoms with E-state index in [1.807, 2.05) is 23.1 Å². The van der Waals surface area contributed by atoms with Crippen LogP contribution >= 0.6 is 0 Å². The SMILES string of the molecule is O=C(O)CCC1CCCCN1C(=O)C1CC1c1ccc2c(c1)OCCO2. The molecule has 6 heteroatoms. The van der Waals surface area contributed by atoms with E-state index in [1.165, 1.54) is 0 Å². The Morgan fingerprint density at radius 1 is 1.15 bits per heavy atom. The molecule has 2 fully saturated rings. The topological polar surface area (TPSA) is 76.1 Å². The van der Waals surface area contributed by atoms with E-state index in [2.05, 4.69) is 0 Å². The Kier molecular flexibility index (Phi) is 4.74. The first-order valence-electron chi connectivity index (χ1n) is 9.55. The Morgan fingerprint density at radius 3 is 2.77 bits per heavy atom. The lowest BCUT2D eigenvalue weighted by molar-refractivity contribution is -0.140. The van der Waals surface area contributed by atoms with Crippen LogP contribution in [0.3, 0.4) is 0 Å². The van der Waals surface area contributed by atoms with Crippen molar-refractivity contribution >= 4 is 11.9 Å². The van der Waals surface area contributed by atoms with Gasteiger partial charge in [-0.2, -0.15) is 0 Å². The quantitative estimate of drug-likeness (QED) is 0.875. The Hall–Kier alpha value is -2.24. The highest BCUT2D eigenvalue weighted by atomic mass is 16.6. The van der Waals surface area contributed by atoms with Gasteiger partial charge in [0.1, 0.15) is 13.2 Å². The van der Waals surface area contributed by atoms with Crippen LogP contribution in [0.2, 0.25) is 0 Å². The zero-order valence-electron chi connectivity index (χ0n) is 14.9. The predicted molar refractivity (Wildman–Crippen MR) is 94.5 cm³/mol. The van der Waals surface area contributed by atoms with Gasteiger partial charge in [-0.05, 0) is 55.7 Å². The van der Waals surface area contributed by atoms with Gasteiger partial charge < -0.3 is 19.5 Å². The largest absolute Gasteiger partial charge is 0.486 e. The lowest BCUT2D eigenvalue weighted by Crippen LogP contribution is -2.44. The lowest BCUT2D eigenvalue weighted by atomic mass is 9.97. The third-order valence-electron chi connectivity index (χ3n) is 5.70. The normalized spacial score (nSPS) is 27.1. The van der Waals surface area contributed by atoms with E-state index >= 15 is 0 Å². The monoisotopic (exact) mass is 359 g/mol. The maximum absolute atomic E-state index is 13.0. The van der Waals surface area contributed by atoms with Crippen molar-refractivity contribution in [1.82, 2.24) is 4.90 Å². The van der Waals surface area contributed by atoms with Crippen molar-refractivity contribution in [1.29, 1.82) is 0 Å². The molecular weight excluding hydrogens is 334 g/mol. The third kappa shape index (κ3) is 3.50. The number of aliphatic carboxylic acids is 1. The van der Waals surface area contributed by atoms with Crippen LogP contribution in [0.15, 0.2) is 18.2 Å². The second kappa shape index (κ2) is 7.17. The fourth-order valence-electron chi connectivity index (χ4n) is 4.22. The van der Waals surface area contributed by atoms with Crippen molar-refractivity contribution in [3.05, 3.63) is 23.8 Å². The van der Waals surface area contributed by atoms with E-state index in [9.17, 15) is 9.59 Å². The maximum atomic E-state index is 13.0. The van der Waals surface area contributed by atoms with E-state index in [-0.39, 0.29) is 30.2 Å². The summed E-state index contributed by atoms with van der Waals surface area (Å²) >= 11 is 0. The van der Waals surface area contributed by atoms with Gasteiger partial charge in [-0.25, -0.2) is 0 Å². The van der Waals surface area contributed by atoms with Crippen molar-refractivity contribution in [3.63, 3.8) is 0 Å². The summed E-state index contributed by atoms with van der Waals surface area (Å²) in [6, 6.07) is 6.04. The summed E-state index contributed by atoms with van der Waals surface area (Å²) in [7, 11) is 0. The molecule has 0 aromatic heterocycles. The highest BCUT2D eigenvalue weighted by molar-refractivity contribution is 5.83. The summed E-state index contributed by atoms with van der Waals surface area (Å²) < 4.78 is 11.2. The number of carboxylic acid groups (broad SMARTS) is 1. The molecule has 1 saturated carbocycles. The molecule has 0 bridgehead atoms. The number of hydrogen-bond donors (Lipinski definition) is 1. The van der Waals surface area contributed by atoms with Crippen LogP contribution in [0.25, 0.3) is 0 Å². The van der Waals surface area contributed by atoms with Crippen molar-refractivity contribution < 1.29 is 24.2 Å². The minimum absolute atomic E-state index is 0.0167. The number of amides is 1. The van der Waals surface area contributed by atoms with Crippen molar-refractivity contribution in [2.45, 2.75) is 50.5 Å². The van der Waals surface area contributed by atoms with Gasteiger partial charge in [-0.1, -0.05) is 6.07 Å². The molecule has 1 saturated heterocycles. The van der Waals surface area contributed by atoms with Gasteiger partial charge in [0, 0.05) is 24.9 Å². The fraction of sp³-hybridized carbons (Fsp3) is 0.600. The molecule has 3 atom stereocenters. The van der Waals surface area contributed by atoms with E-state index in [1.54, 1.807) is 0 Å². The molecule has 4 rings (SSSR count). The number of ether oxygens (including phenoxy) is 2. The van der Waals surface area contributed by atoms with Gasteiger partial charge in [0.25, 0.3) is 0 Å². The fourth-order valence-corrected chi connectivity index (χ4v) is 4.22. The molecule has 2 heterocycles. The summed E-state index contributed by atoms with van der Waals surface area (Å²) in [6.07, 6.45) is 4.55. The number of benzene rings is 1. The highest BCUT2D eigenvalue weighted by Gasteiger charge is 2.47. The minimum Gasteiger partial charge on any atom is -0.486 e. The van der Waals surface area contributed by atoms with E-state index < -0.39 is 5.97 Å². The first-order chi connectivity index (χ1) is 12.6. The number of nitrogens with zero attached hydrogens (tertiary/aromatic N) is 1. The van der Waals surface area contributed by atoms with Gasteiger partial charge >= 0.3 is 5.97 Å². The summed E-state index contributed by atoms with van der Waals surface area (Å²) in [4.78, 5) is 25.9. The maximum Gasteiger partial charge on any atom is 0.303 e. The standard InChI is InChI=1S/C20H25NO5/c22-19(23)7-5-14-3-1-2-8-21(14)20(24)16-12-15(16)13-4-6-17-18(11-13)26-10-9-25-17/h4,6,11,14-16H,1-3,5,7-10,12H2,(H,22,23). The number of likely N-dealkylation sites (tertiary alicyclic amines) is 1. The summed E-state index contributed by atoms with van der Waals surface area (Å²) in [5.74, 6) is 1.20. The smallest absolute Gasteiger partial charge is 0.303 e. The Morgan fingerprint density at radius 2 is 1.96 bits per heavy atom. The van der Waals surface area contributed by atoms with E-state index in [0.29, 0.717) is 19.6 Å². The summed E-state index contributed by atoms with van der Waals surface area (Å²) in [5.41, 5.74) is 1.13. The number of carbonyl (C=O) groups is 2. The average molecular weight is 359 g/mol. The van der Waals surface area contributed by atoms with Crippen molar-refractivity contribution in [3.8, 4) is 11.5 Å². The number of fused-ring (bicyclic) bond motifs is 1. The predicted octanol–water partition coefficient (Wildman–Crippen LogP) is 2.81. The average Bonchev–Trinajstić information content (AvgIpc) is 3.46. The molecule has 1 aromatic rings. The number of piperidine rings is 1. The van der Waals surface area contributed by atoms with E-state index in [0.717, 1.165) is 49.3 Å². The molecule has 26 heavy (non-hydrogen) atoms. The Labute approximate surface area is 153 Å². The van der Waals surface area contributed by atoms with Crippen LogP contribution in [-0.4, -0.2) is 47.7 Å². The van der Waals surface area contributed by atoms with Crippen LogP contribution in [-0.2, 0) is 9.59 Å². The van der Waals surface area contributed by atoms with Crippen LogP contribution < -0.4 is 9.47 Å². The minimum atomic E-state index is -0.788. The first-order valence-corrected chi connectivity index (χ1v) is 9.55. The van der Waals surface area contributed by atoms with Gasteiger partial charge in [-0.15, -0.1) is 0 Å². The summed E-state index contributed by atoms with van der Waals surface area (Å²) in [6.45, 7) is 1.89. The third-order valence-corrected chi connectivity index (χ3v) is 5.70. The second-order valence-corrected chi connectivity index (χ2v) is 7.47. The highest BCUT2D eigenvalue weighted by Crippen LogP contribution is 2.50.